The van der Waals surface area contributed by atoms with Crippen molar-refractivity contribution >= 4 is 5.82 Å². The van der Waals surface area contributed by atoms with E-state index in [9.17, 15) is 0 Å². The van der Waals surface area contributed by atoms with E-state index in [1.54, 1.807) is 0 Å². The molecule has 1 fully saturated rings. The van der Waals surface area contributed by atoms with Crippen molar-refractivity contribution in [3.8, 4) is 0 Å². The molecule has 0 radical (unpaired) electrons. The van der Waals surface area contributed by atoms with Crippen molar-refractivity contribution in [3.63, 3.8) is 0 Å². The third-order valence-electron chi connectivity index (χ3n) is 2.58. The second kappa shape index (κ2) is 3.58. The molecule has 0 aromatic carbocycles. The molecule has 3 heteroatoms. The molecule has 0 aliphatic carbocycles. The summed E-state index contributed by atoms with van der Waals surface area (Å²) in [5.41, 5.74) is 7.98. The molecule has 0 amide bonds. The Morgan fingerprint density at radius 2 is 2.21 bits per heavy atom. The normalized spacial score (nSPS) is 18.1. The Labute approximate surface area is 84.9 Å². The highest BCUT2D eigenvalue weighted by molar-refractivity contribution is 5.34. The summed E-state index contributed by atoms with van der Waals surface area (Å²) in [6.07, 6.45) is 0. The highest BCUT2D eigenvalue weighted by Crippen LogP contribution is 2.18. The van der Waals surface area contributed by atoms with Crippen molar-refractivity contribution in [3.05, 3.63) is 23.4 Å². The average Bonchev–Trinajstić information content (AvgIpc) is 1.99. The van der Waals surface area contributed by atoms with Crippen molar-refractivity contribution in [2.24, 2.45) is 5.92 Å². The van der Waals surface area contributed by atoms with Crippen LogP contribution in [0.25, 0.3) is 0 Å². The van der Waals surface area contributed by atoms with Crippen molar-refractivity contribution in [1.29, 1.82) is 0 Å². The van der Waals surface area contributed by atoms with Gasteiger partial charge in [-0.15, -0.1) is 0 Å². The van der Waals surface area contributed by atoms with E-state index >= 15 is 0 Å². The fourth-order valence-corrected chi connectivity index (χ4v) is 2.07. The number of anilines is 1. The van der Waals surface area contributed by atoms with E-state index in [0.29, 0.717) is 5.82 Å². The van der Waals surface area contributed by atoms with E-state index in [2.05, 4.69) is 22.9 Å². The molecule has 0 spiro atoms. The Balaban J connectivity index is 2.02. The smallest absolute Gasteiger partial charge is 0.123 e. The third kappa shape index (κ3) is 2.04. The largest absolute Gasteiger partial charge is 0.384 e. The molecule has 14 heavy (non-hydrogen) atoms. The molecule has 3 nitrogen and oxygen atoms in total. The molecule has 1 aromatic heterocycles. The topological polar surface area (TPSA) is 42.1 Å². The number of pyridine rings is 1. The summed E-state index contributed by atoms with van der Waals surface area (Å²) in [7, 11) is 0. The zero-order chi connectivity index (χ0) is 10.1. The SMILES string of the molecule is Cc1cc(CN2CC(C)C2)cc(N)n1. The Kier molecular flexibility index (Phi) is 2.42. The van der Waals surface area contributed by atoms with Crippen LogP contribution in [-0.2, 0) is 6.54 Å². The molecule has 2 heterocycles. The van der Waals surface area contributed by atoms with Crippen LogP contribution in [0, 0.1) is 12.8 Å². The number of likely N-dealkylation sites (tertiary alicyclic amines) is 1. The standard InChI is InChI=1S/C11H17N3/c1-8-5-14(6-8)7-10-3-9(2)13-11(12)4-10/h3-4,8H,5-7H2,1-2H3,(H2,12,13). The quantitative estimate of drug-likeness (QED) is 0.768. The molecule has 1 saturated heterocycles. The summed E-state index contributed by atoms with van der Waals surface area (Å²) in [5, 5.41) is 0. The fraction of sp³-hybridized carbons (Fsp3) is 0.545. The number of aryl methyl sites for hydroxylation is 1. The molecule has 1 aromatic rings. The minimum Gasteiger partial charge on any atom is -0.384 e. The van der Waals surface area contributed by atoms with Gasteiger partial charge in [0.2, 0.25) is 0 Å². The van der Waals surface area contributed by atoms with E-state index in [-0.39, 0.29) is 0 Å². The van der Waals surface area contributed by atoms with Gasteiger partial charge >= 0.3 is 0 Å². The number of nitrogens with two attached hydrogens (primary N) is 1. The van der Waals surface area contributed by atoms with E-state index < -0.39 is 0 Å². The van der Waals surface area contributed by atoms with Gasteiger partial charge < -0.3 is 5.73 Å². The molecule has 0 atom stereocenters. The van der Waals surface area contributed by atoms with Gasteiger partial charge in [0.05, 0.1) is 0 Å². The maximum absolute atomic E-state index is 5.69. The van der Waals surface area contributed by atoms with Crippen molar-refractivity contribution in [1.82, 2.24) is 9.88 Å². The predicted molar refractivity (Wildman–Crippen MR) is 57.8 cm³/mol. The van der Waals surface area contributed by atoms with Gasteiger partial charge in [-0.2, -0.15) is 0 Å². The summed E-state index contributed by atoms with van der Waals surface area (Å²) in [6, 6.07) is 4.08. The number of hydrogen-bond acceptors (Lipinski definition) is 3. The molecular weight excluding hydrogens is 174 g/mol. The molecule has 2 rings (SSSR count). The lowest BCUT2D eigenvalue weighted by Crippen LogP contribution is -2.44. The van der Waals surface area contributed by atoms with E-state index in [1.165, 1.54) is 18.7 Å². The van der Waals surface area contributed by atoms with Crippen LogP contribution in [0.1, 0.15) is 18.2 Å². The van der Waals surface area contributed by atoms with Gasteiger partial charge in [0.25, 0.3) is 0 Å². The Morgan fingerprint density at radius 1 is 1.50 bits per heavy atom. The van der Waals surface area contributed by atoms with Gasteiger partial charge in [-0.1, -0.05) is 6.92 Å². The Bertz CT molecular complexity index is 309. The zero-order valence-corrected chi connectivity index (χ0v) is 8.83. The first-order valence-corrected chi connectivity index (χ1v) is 5.09. The first kappa shape index (κ1) is 9.46. The van der Waals surface area contributed by atoms with E-state index in [1.807, 2.05) is 13.0 Å². The lowest BCUT2D eigenvalue weighted by Gasteiger charge is -2.37. The van der Waals surface area contributed by atoms with Crippen LogP contribution in [0.2, 0.25) is 0 Å². The third-order valence-corrected chi connectivity index (χ3v) is 2.58. The van der Waals surface area contributed by atoms with E-state index in [4.69, 9.17) is 5.73 Å². The van der Waals surface area contributed by atoms with Crippen LogP contribution in [-0.4, -0.2) is 23.0 Å². The average molecular weight is 191 g/mol. The number of hydrogen-bond donors (Lipinski definition) is 1. The van der Waals surface area contributed by atoms with Gasteiger partial charge in [-0.25, -0.2) is 4.98 Å². The predicted octanol–water partition coefficient (Wildman–Crippen LogP) is 1.42. The minimum absolute atomic E-state index is 0.633. The molecule has 0 unspecified atom stereocenters. The molecule has 1 aliphatic heterocycles. The highest BCUT2D eigenvalue weighted by atomic mass is 15.2. The number of nitrogen functional groups attached to an aromatic ring is 1. The fourth-order valence-electron chi connectivity index (χ4n) is 2.07. The zero-order valence-electron chi connectivity index (χ0n) is 8.83. The lowest BCUT2D eigenvalue weighted by atomic mass is 10.0. The molecule has 0 saturated carbocycles. The van der Waals surface area contributed by atoms with Gasteiger partial charge in [0.1, 0.15) is 5.82 Å². The number of rotatable bonds is 2. The summed E-state index contributed by atoms with van der Waals surface area (Å²) in [5.74, 6) is 1.49. The van der Waals surface area contributed by atoms with Crippen LogP contribution in [0.3, 0.4) is 0 Å². The second-order valence-electron chi connectivity index (χ2n) is 4.34. The van der Waals surface area contributed by atoms with Gasteiger partial charge in [0.15, 0.2) is 0 Å². The first-order chi connectivity index (χ1) is 6.63. The molecule has 2 N–H and O–H groups in total. The second-order valence-corrected chi connectivity index (χ2v) is 4.34. The van der Waals surface area contributed by atoms with Crippen molar-refractivity contribution in [2.45, 2.75) is 20.4 Å². The minimum atomic E-state index is 0.633. The summed E-state index contributed by atoms with van der Waals surface area (Å²) in [4.78, 5) is 6.59. The van der Waals surface area contributed by atoms with Crippen molar-refractivity contribution in [2.75, 3.05) is 18.8 Å². The molecule has 0 bridgehead atoms. The number of nitrogens with zero attached hydrogens (tertiary/aromatic N) is 2. The van der Waals surface area contributed by atoms with Crippen LogP contribution >= 0.6 is 0 Å². The van der Waals surface area contributed by atoms with Gasteiger partial charge in [-0.05, 0) is 30.5 Å². The van der Waals surface area contributed by atoms with Crippen molar-refractivity contribution < 1.29 is 0 Å². The molecule has 1 aliphatic rings. The first-order valence-electron chi connectivity index (χ1n) is 5.09. The van der Waals surface area contributed by atoms with Crippen LogP contribution in [0.4, 0.5) is 5.82 Å². The summed E-state index contributed by atoms with van der Waals surface area (Å²) >= 11 is 0. The highest BCUT2D eigenvalue weighted by Gasteiger charge is 2.22. The maximum Gasteiger partial charge on any atom is 0.123 e. The summed E-state index contributed by atoms with van der Waals surface area (Å²) in [6.45, 7) is 7.70. The van der Waals surface area contributed by atoms with Crippen LogP contribution in [0.15, 0.2) is 12.1 Å². The summed E-state index contributed by atoms with van der Waals surface area (Å²) < 4.78 is 0. The monoisotopic (exact) mass is 191 g/mol. The van der Waals surface area contributed by atoms with E-state index in [0.717, 1.165) is 18.2 Å². The Morgan fingerprint density at radius 3 is 2.79 bits per heavy atom. The van der Waals surface area contributed by atoms with Crippen LogP contribution < -0.4 is 5.73 Å². The van der Waals surface area contributed by atoms with Gasteiger partial charge in [0, 0.05) is 25.3 Å². The lowest BCUT2D eigenvalue weighted by molar-refractivity contribution is 0.105. The van der Waals surface area contributed by atoms with Crippen LogP contribution in [0.5, 0.6) is 0 Å². The maximum atomic E-state index is 5.69. The van der Waals surface area contributed by atoms with Gasteiger partial charge in [-0.3, -0.25) is 4.90 Å². The Hall–Kier alpha value is -1.09. The molecular formula is C11H17N3. The molecule has 76 valence electrons. The number of aromatic nitrogens is 1.